The number of nitrogens with zero attached hydrogens (tertiary/aromatic N) is 1. The zero-order valence-corrected chi connectivity index (χ0v) is 15.9. The summed E-state index contributed by atoms with van der Waals surface area (Å²) in [4.78, 5) is 13.8. The molecule has 0 aliphatic heterocycles. The van der Waals surface area contributed by atoms with Gasteiger partial charge in [0.05, 0.1) is 5.69 Å². The van der Waals surface area contributed by atoms with Crippen molar-refractivity contribution >= 4 is 22.7 Å². The van der Waals surface area contributed by atoms with Crippen LogP contribution in [0.2, 0.25) is 0 Å². The Balaban J connectivity index is 2.32. The molecular formula is C20H25NO2S. The van der Waals surface area contributed by atoms with Crippen LogP contribution in [0.1, 0.15) is 29.2 Å². The van der Waals surface area contributed by atoms with Gasteiger partial charge in [0.25, 0.3) is 5.24 Å². The number of carbonyl (C=O) groups excluding carboxylic acids is 1. The Hall–Kier alpha value is -1.94. The molecule has 0 aliphatic carbocycles. The highest BCUT2D eigenvalue weighted by molar-refractivity contribution is 8.13. The molecule has 0 atom stereocenters. The lowest BCUT2D eigenvalue weighted by atomic mass is 10.0. The number of thioether (sulfide) groups is 1. The Kier molecular flexibility index (Phi) is 6.32. The zero-order chi connectivity index (χ0) is 17.7. The van der Waals surface area contributed by atoms with E-state index in [1.807, 2.05) is 25.2 Å². The minimum absolute atomic E-state index is 0.0241. The quantitative estimate of drug-likeness (QED) is 0.731. The van der Waals surface area contributed by atoms with Crippen LogP contribution in [0.3, 0.4) is 0 Å². The van der Waals surface area contributed by atoms with Gasteiger partial charge in [0.1, 0.15) is 12.4 Å². The van der Waals surface area contributed by atoms with Crippen molar-refractivity contribution in [3.63, 3.8) is 0 Å². The van der Waals surface area contributed by atoms with E-state index in [1.54, 1.807) is 11.2 Å². The highest BCUT2D eigenvalue weighted by Crippen LogP contribution is 2.28. The second-order valence-corrected chi connectivity index (χ2v) is 6.61. The van der Waals surface area contributed by atoms with Crippen LogP contribution in [0, 0.1) is 13.8 Å². The summed E-state index contributed by atoms with van der Waals surface area (Å²) in [6, 6.07) is 12.3. The Morgan fingerprint density at radius 2 is 1.96 bits per heavy atom. The van der Waals surface area contributed by atoms with Crippen molar-refractivity contribution in [3.8, 4) is 5.75 Å². The predicted octanol–water partition coefficient (Wildman–Crippen LogP) is 5.36. The van der Waals surface area contributed by atoms with E-state index in [-0.39, 0.29) is 5.24 Å². The van der Waals surface area contributed by atoms with Crippen LogP contribution < -0.4 is 9.64 Å². The SMILES string of the molecule is CCc1cccc(N(C)C(=O)SC)c1COc1ccc(C)cc1C. The van der Waals surface area contributed by atoms with Gasteiger partial charge in [-0.05, 0) is 49.8 Å². The molecule has 0 saturated heterocycles. The van der Waals surface area contributed by atoms with Gasteiger partial charge in [0, 0.05) is 12.6 Å². The Morgan fingerprint density at radius 3 is 2.58 bits per heavy atom. The van der Waals surface area contributed by atoms with E-state index in [4.69, 9.17) is 4.74 Å². The molecule has 2 aromatic rings. The van der Waals surface area contributed by atoms with Gasteiger partial charge >= 0.3 is 0 Å². The Labute approximate surface area is 149 Å². The van der Waals surface area contributed by atoms with Crippen molar-refractivity contribution in [2.75, 3.05) is 18.2 Å². The second-order valence-electron chi connectivity index (χ2n) is 5.86. The summed E-state index contributed by atoms with van der Waals surface area (Å²) >= 11 is 1.21. The average Bonchev–Trinajstić information content (AvgIpc) is 2.59. The molecule has 128 valence electrons. The van der Waals surface area contributed by atoms with E-state index in [2.05, 4.69) is 39.0 Å². The summed E-state index contributed by atoms with van der Waals surface area (Å²) in [5.41, 5.74) is 5.54. The molecule has 0 bridgehead atoms. The fraction of sp³-hybridized carbons (Fsp3) is 0.350. The predicted molar refractivity (Wildman–Crippen MR) is 103 cm³/mol. The molecule has 0 heterocycles. The van der Waals surface area contributed by atoms with Gasteiger partial charge in [0.15, 0.2) is 0 Å². The van der Waals surface area contributed by atoms with Gasteiger partial charge in [-0.15, -0.1) is 0 Å². The first-order valence-electron chi connectivity index (χ1n) is 8.10. The van der Waals surface area contributed by atoms with E-state index in [1.165, 1.54) is 22.9 Å². The van der Waals surface area contributed by atoms with Crippen LogP contribution in [-0.2, 0) is 13.0 Å². The first kappa shape index (κ1) is 18.4. The minimum Gasteiger partial charge on any atom is -0.489 e. The largest absolute Gasteiger partial charge is 0.489 e. The van der Waals surface area contributed by atoms with E-state index in [0.717, 1.165) is 29.0 Å². The Morgan fingerprint density at radius 1 is 1.21 bits per heavy atom. The van der Waals surface area contributed by atoms with Gasteiger partial charge in [0.2, 0.25) is 0 Å². The molecule has 0 unspecified atom stereocenters. The maximum absolute atomic E-state index is 12.1. The lowest BCUT2D eigenvalue weighted by Crippen LogP contribution is -2.23. The number of anilines is 1. The molecule has 0 aliphatic rings. The second kappa shape index (κ2) is 8.25. The van der Waals surface area contributed by atoms with Crippen molar-refractivity contribution in [2.45, 2.75) is 33.8 Å². The fourth-order valence-corrected chi connectivity index (χ4v) is 3.15. The third-order valence-electron chi connectivity index (χ3n) is 4.14. The third kappa shape index (κ3) is 4.12. The molecule has 0 saturated carbocycles. The number of aryl methyl sites for hydroxylation is 3. The smallest absolute Gasteiger partial charge is 0.285 e. The molecule has 2 rings (SSSR count). The molecule has 4 heteroatoms. The van der Waals surface area contributed by atoms with Crippen molar-refractivity contribution in [1.29, 1.82) is 0 Å². The van der Waals surface area contributed by atoms with Crippen molar-refractivity contribution in [2.24, 2.45) is 0 Å². The molecular weight excluding hydrogens is 318 g/mol. The number of hydrogen-bond donors (Lipinski definition) is 0. The summed E-state index contributed by atoms with van der Waals surface area (Å²) in [6.45, 7) is 6.70. The highest BCUT2D eigenvalue weighted by atomic mass is 32.2. The van der Waals surface area contributed by atoms with Gasteiger partial charge in [-0.25, -0.2) is 0 Å². The molecule has 0 N–H and O–H groups in total. The summed E-state index contributed by atoms with van der Waals surface area (Å²) in [5.74, 6) is 0.885. The monoisotopic (exact) mass is 343 g/mol. The third-order valence-corrected chi connectivity index (χ3v) is 4.76. The van der Waals surface area contributed by atoms with E-state index < -0.39 is 0 Å². The normalized spacial score (nSPS) is 10.5. The molecule has 2 aromatic carbocycles. The number of carbonyl (C=O) groups is 1. The van der Waals surface area contributed by atoms with Crippen LogP contribution in [0.5, 0.6) is 5.75 Å². The standard InChI is InChI=1S/C20H25NO2S/c1-6-16-8-7-9-18(21(4)20(22)24-5)17(16)13-23-19-11-10-14(2)12-15(19)3/h7-12H,6,13H2,1-5H3. The van der Waals surface area contributed by atoms with Crippen LogP contribution in [-0.4, -0.2) is 18.5 Å². The van der Waals surface area contributed by atoms with Crippen LogP contribution in [0.4, 0.5) is 10.5 Å². The molecule has 0 fully saturated rings. The molecule has 1 amide bonds. The topological polar surface area (TPSA) is 29.5 Å². The number of hydrogen-bond acceptors (Lipinski definition) is 3. The Bertz CT molecular complexity index is 728. The fourth-order valence-electron chi connectivity index (χ4n) is 2.78. The van der Waals surface area contributed by atoms with Crippen LogP contribution in [0.15, 0.2) is 36.4 Å². The number of rotatable bonds is 5. The lowest BCUT2D eigenvalue weighted by molar-refractivity contribution is 0.266. The summed E-state index contributed by atoms with van der Waals surface area (Å²) < 4.78 is 6.08. The zero-order valence-electron chi connectivity index (χ0n) is 15.1. The number of ether oxygens (including phenoxy) is 1. The van der Waals surface area contributed by atoms with E-state index in [0.29, 0.717) is 6.61 Å². The van der Waals surface area contributed by atoms with Gasteiger partial charge in [-0.1, -0.05) is 48.5 Å². The van der Waals surface area contributed by atoms with Gasteiger partial charge < -0.3 is 9.64 Å². The number of benzene rings is 2. The van der Waals surface area contributed by atoms with Gasteiger partial charge in [-0.2, -0.15) is 0 Å². The first-order chi connectivity index (χ1) is 11.5. The molecule has 0 spiro atoms. The maximum Gasteiger partial charge on any atom is 0.285 e. The van der Waals surface area contributed by atoms with E-state index >= 15 is 0 Å². The lowest BCUT2D eigenvalue weighted by Gasteiger charge is -2.22. The van der Waals surface area contributed by atoms with Crippen molar-refractivity contribution in [3.05, 3.63) is 58.7 Å². The van der Waals surface area contributed by atoms with Gasteiger partial charge in [-0.3, -0.25) is 4.79 Å². The molecule has 24 heavy (non-hydrogen) atoms. The summed E-state index contributed by atoms with van der Waals surface area (Å²) in [5, 5.41) is 0.0241. The maximum atomic E-state index is 12.1. The molecule has 0 aromatic heterocycles. The van der Waals surface area contributed by atoms with E-state index in [9.17, 15) is 4.79 Å². The van der Waals surface area contributed by atoms with Crippen LogP contribution >= 0.6 is 11.8 Å². The minimum atomic E-state index is 0.0241. The summed E-state index contributed by atoms with van der Waals surface area (Å²) in [7, 11) is 1.81. The average molecular weight is 343 g/mol. The van der Waals surface area contributed by atoms with Crippen molar-refractivity contribution in [1.82, 2.24) is 0 Å². The van der Waals surface area contributed by atoms with Crippen LogP contribution in [0.25, 0.3) is 0 Å². The highest BCUT2D eigenvalue weighted by Gasteiger charge is 2.16. The molecule has 3 nitrogen and oxygen atoms in total. The molecule has 0 radical (unpaired) electrons. The van der Waals surface area contributed by atoms with Crippen molar-refractivity contribution < 1.29 is 9.53 Å². The number of amides is 1. The first-order valence-corrected chi connectivity index (χ1v) is 9.32. The summed E-state index contributed by atoms with van der Waals surface area (Å²) in [6.07, 6.45) is 2.70.